The first-order valence-corrected chi connectivity index (χ1v) is 8.57. The van der Waals surface area contributed by atoms with Crippen LogP contribution in [-0.2, 0) is 9.53 Å². The van der Waals surface area contributed by atoms with Gasteiger partial charge in [0.2, 0.25) is 0 Å². The van der Waals surface area contributed by atoms with Gasteiger partial charge in [-0.1, -0.05) is 6.07 Å². The molecule has 0 saturated carbocycles. The largest absolute Gasteiger partial charge is 0.486 e. The minimum Gasteiger partial charge on any atom is -0.486 e. The maximum atomic E-state index is 12.1. The summed E-state index contributed by atoms with van der Waals surface area (Å²) in [6.07, 6.45) is 0. The lowest BCUT2D eigenvalue weighted by Crippen LogP contribution is -2.31. The van der Waals surface area contributed by atoms with Gasteiger partial charge in [0, 0.05) is 0 Å². The van der Waals surface area contributed by atoms with Gasteiger partial charge in [-0.2, -0.15) is 0 Å². The molecule has 2 aromatic carbocycles. The summed E-state index contributed by atoms with van der Waals surface area (Å²) in [5, 5.41) is 2.88. The molecule has 2 aromatic rings. The number of methoxy groups -OCH3 is 1. The van der Waals surface area contributed by atoms with Crippen LogP contribution in [0.2, 0.25) is 0 Å². The Balaban J connectivity index is 1.52. The Bertz CT molecular complexity index is 818. The van der Waals surface area contributed by atoms with Gasteiger partial charge in [-0.3, -0.25) is 4.79 Å². The van der Waals surface area contributed by atoms with Gasteiger partial charge in [0.15, 0.2) is 18.1 Å². The van der Waals surface area contributed by atoms with Gasteiger partial charge >= 0.3 is 5.97 Å². The Labute approximate surface area is 157 Å². The quantitative estimate of drug-likeness (QED) is 0.786. The van der Waals surface area contributed by atoms with Crippen molar-refractivity contribution in [3.05, 3.63) is 53.6 Å². The highest BCUT2D eigenvalue weighted by atomic mass is 16.6. The Morgan fingerprint density at radius 2 is 1.78 bits per heavy atom. The maximum Gasteiger partial charge on any atom is 0.337 e. The van der Waals surface area contributed by atoms with E-state index in [0.29, 0.717) is 36.0 Å². The fourth-order valence-electron chi connectivity index (χ4n) is 2.65. The van der Waals surface area contributed by atoms with Gasteiger partial charge in [0.25, 0.3) is 5.91 Å². The molecule has 27 heavy (non-hydrogen) atoms. The number of esters is 1. The smallest absolute Gasteiger partial charge is 0.337 e. The molecular weight excluding hydrogens is 350 g/mol. The molecule has 0 radical (unpaired) electrons. The predicted molar refractivity (Wildman–Crippen MR) is 97.3 cm³/mol. The SMILES string of the molecule is COC(=O)c1ccc(OCC(=O)N[C@@H](C)c2ccc3c(c2)OCCO3)cc1. The standard InChI is InChI=1S/C20H21NO6/c1-13(15-5-8-17-18(11-15)26-10-9-25-17)21-19(22)12-27-16-6-3-14(4-7-16)20(23)24-2/h3-8,11,13H,9-10,12H2,1-2H3,(H,21,22)/t13-/m0/s1. The van der Waals surface area contributed by atoms with Crippen LogP contribution in [0.5, 0.6) is 17.2 Å². The highest BCUT2D eigenvalue weighted by Gasteiger charge is 2.16. The summed E-state index contributed by atoms with van der Waals surface area (Å²) in [6.45, 7) is 2.80. The Morgan fingerprint density at radius 3 is 2.48 bits per heavy atom. The summed E-state index contributed by atoms with van der Waals surface area (Å²) in [5.74, 6) is 1.20. The second-order valence-corrected chi connectivity index (χ2v) is 6.00. The van der Waals surface area contributed by atoms with E-state index in [1.54, 1.807) is 24.3 Å². The van der Waals surface area contributed by atoms with Crippen LogP contribution in [0.15, 0.2) is 42.5 Å². The molecule has 1 aliphatic heterocycles. The molecule has 1 amide bonds. The first kappa shape index (κ1) is 18.6. The number of benzene rings is 2. The number of carbonyl (C=O) groups excluding carboxylic acids is 2. The normalized spacial score (nSPS) is 13.4. The van der Waals surface area contributed by atoms with E-state index in [2.05, 4.69) is 10.1 Å². The van der Waals surface area contributed by atoms with E-state index in [1.165, 1.54) is 7.11 Å². The zero-order valence-electron chi connectivity index (χ0n) is 15.2. The van der Waals surface area contributed by atoms with Crippen LogP contribution in [0.3, 0.4) is 0 Å². The summed E-state index contributed by atoms with van der Waals surface area (Å²) in [4.78, 5) is 23.5. The van der Waals surface area contributed by atoms with Crippen molar-refractivity contribution in [2.75, 3.05) is 26.9 Å². The van der Waals surface area contributed by atoms with Crippen LogP contribution < -0.4 is 19.5 Å². The Kier molecular flexibility index (Phi) is 5.80. The molecule has 142 valence electrons. The molecular formula is C20H21NO6. The van der Waals surface area contributed by atoms with Crippen molar-refractivity contribution in [3.8, 4) is 17.2 Å². The molecule has 0 spiro atoms. The average molecular weight is 371 g/mol. The molecule has 0 bridgehead atoms. The summed E-state index contributed by atoms with van der Waals surface area (Å²) in [7, 11) is 1.32. The van der Waals surface area contributed by atoms with E-state index < -0.39 is 5.97 Å². The molecule has 1 atom stereocenters. The Morgan fingerprint density at radius 1 is 1.07 bits per heavy atom. The summed E-state index contributed by atoms with van der Waals surface area (Å²) >= 11 is 0. The van der Waals surface area contributed by atoms with Gasteiger partial charge < -0.3 is 24.3 Å². The van der Waals surface area contributed by atoms with Crippen molar-refractivity contribution in [3.63, 3.8) is 0 Å². The number of hydrogen-bond acceptors (Lipinski definition) is 6. The van der Waals surface area contributed by atoms with Gasteiger partial charge in [-0.05, 0) is 48.9 Å². The first-order valence-electron chi connectivity index (χ1n) is 8.57. The second-order valence-electron chi connectivity index (χ2n) is 6.00. The molecule has 1 heterocycles. The first-order chi connectivity index (χ1) is 13.1. The van der Waals surface area contributed by atoms with E-state index >= 15 is 0 Å². The Hall–Kier alpha value is -3.22. The van der Waals surface area contributed by atoms with E-state index in [9.17, 15) is 9.59 Å². The number of fused-ring (bicyclic) bond motifs is 1. The van der Waals surface area contributed by atoms with Crippen molar-refractivity contribution < 1.29 is 28.5 Å². The molecule has 7 nitrogen and oxygen atoms in total. The van der Waals surface area contributed by atoms with Gasteiger partial charge in [0.1, 0.15) is 19.0 Å². The minimum atomic E-state index is -0.424. The fraction of sp³-hybridized carbons (Fsp3) is 0.300. The third-order valence-corrected chi connectivity index (χ3v) is 4.09. The van der Waals surface area contributed by atoms with Crippen LogP contribution in [0.1, 0.15) is 28.9 Å². The van der Waals surface area contributed by atoms with E-state index in [1.807, 2.05) is 25.1 Å². The van der Waals surface area contributed by atoms with E-state index in [0.717, 1.165) is 5.56 Å². The number of ether oxygens (including phenoxy) is 4. The summed E-state index contributed by atoms with van der Waals surface area (Å²) in [5.41, 5.74) is 1.33. The van der Waals surface area contributed by atoms with Crippen LogP contribution >= 0.6 is 0 Å². The van der Waals surface area contributed by atoms with Crippen molar-refractivity contribution in [2.24, 2.45) is 0 Å². The molecule has 0 unspecified atom stereocenters. The lowest BCUT2D eigenvalue weighted by Gasteiger charge is -2.21. The highest BCUT2D eigenvalue weighted by Crippen LogP contribution is 2.32. The fourth-order valence-corrected chi connectivity index (χ4v) is 2.65. The van der Waals surface area contributed by atoms with E-state index in [4.69, 9.17) is 14.2 Å². The number of carbonyl (C=O) groups is 2. The van der Waals surface area contributed by atoms with Crippen molar-refractivity contribution in [1.29, 1.82) is 0 Å². The van der Waals surface area contributed by atoms with Gasteiger partial charge in [-0.15, -0.1) is 0 Å². The van der Waals surface area contributed by atoms with Crippen LogP contribution in [0.4, 0.5) is 0 Å². The molecule has 3 rings (SSSR count). The number of nitrogens with one attached hydrogen (secondary N) is 1. The monoisotopic (exact) mass is 371 g/mol. The van der Waals surface area contributed by atoms with Gasteiger partial charge in [0.05, 0.1) is 18.7 Å². The number of rotatable bonds is 6. The molecule has 0 fully saturated rings. The number of hydrogen-bond donors (Lipinski definition) is 1. The summed E-state index contributed by atoms with van der Waals surface area (Å²) in [6, 6.07) is 11.8. The molecule has 1 aliphatic rings. The molecule has 7 heteroatoms. The van der Waals surface area contributed by atoms with Crippen LogP contribution in [0.25, 0.3) is 0 Å². The van der Waals surface area contributed by atoms with Crippen LogP contribution in [0, 0.1) is 0 Å². The average Bonchev–Trinajstić information content (AvgIpc) is 2.71. The van der Waals surface area contributed by atoms with E-state index in [-0.39, 0.29) is 18.6 Å². The zero-order chi connectivity index (χ0) is 19.2. The maximum absolute atomic E-state index is 12.1. The third kappa shape index (κ3) is 4.69. The van der Waals surface area contributed by atoms with Crippen molar-refractivity contribution >= 4 is 11.9 Å². The molecule has 0 aliphatic carbocycles. The van der Waals surface area contributed by atoms with Crippen LogP contribution in [-0.4, -0.2) is 38.8 Å². The second kappa shape index (κ2) is 8.44. The number of amides is 1. The minimum absolute atomic E-state index is 0.132. The topological polar surface area (TPSA) is 83.1 Å². The lowest BCUT2D eigenvalue weighted by atomic mass is 10.1. The zero-order valence-corrected chi connectivity index (χ0v) is 15.2. The predicted octanol–water partition coefficient (Wildman–Crippen LogP) is 2.50. The molecule has 0 saturated heterocycles. The molecule has 0 aromatic heterocycles. The highest BCUT2D eigenvalue weighted by molar-refractivity contribution is 5.89. The third-order valence-electron chi connectivity index (χ3n) is 4.09. The lowest BCUT2D eigenvalue weighted by molar-refractivity contribution is -0.123. The molecule has 1 N–H and O–H groups in total. The van der Waals surface area contributed by atoms with Crippen molar-refractivity contribution in [2.45, 2.75) is 13.0 Å². The van der Waals surface area contributed by atoms with Crippen molar-refractivity contribution in [1.82, 2.24) is 5.32 Å². The summed E-state index contributed by atoms with van der Waals surface area (Å²) < 4.78 is 21.1. The van der Waals surface area contributed by atoms with Gasteiger partial charge in [-0.25, -0.2) is 4.79 Å².